The molecule has 2 heterocycles. The van der Waals surface area contributed by atoms with Crippen LogP contribution < -0.4 is 5.63 Å². The molecule has 0 atom stereocenters. The van der Waals surface area contributed by atoms with Gasteiger partial charge < -0.3 is 9.15 Å². The van der Waals surface area contributed by atoms with Crippen molar-refractivity contribution in [3.8, 4) is 0 Å². The van der Waals surface area contributed by atoms with Crippen molar-refractivity contribution in [3.05, 3.63) is 86.4 Å². The number of ether oxygens (including phenoxy) is 1. The molecule has 0 saturated heterocycles. The molecule has 0 radical (unpaired) electrons. The first-order valence-electron chi connectivity index (χ1n) is 10.9. The first-order valence-corrected chi connectivity index (χ1v) is 10.9. The first-order chi connectivity index (χ1) is 15.3. The van der Waals surface area contributed by atoms with Crippen LogP contribution in [0.5, 0.6) is 0 Å². The van der Waals surface area contributed by atoms with Crippen molar-refractivity contribution >= 4 is 27.8 Å². The average Bonchev–Trinajstić information content (AvgIpc) is 2.76. The maximum absolute atomic E-state index is 13.2. The number of carbonyl (C=O) groups is 1. The van der Waals surface area contributed by atoms with E-state index in [1.807, 2.05) is 57.2 Å². The lowest BCUT2D eigenvalue weighted by atomic mass is 9.95. The SMILES string of the molecule is CCc1nc2ccccc2c(C(=O)OCc2cc(=O)oc3cc(C)c(C(C)C)cc23)c1C. The van der Waals surface area contributed by atoms with Crippen molar-refractivity contribution in [3.63, 3.8) is 0 Å². The highest BCUT2D eigenvalue weighted by molar-refractivity contribution is 6.05. The van der Waals surface area contributed by atoms with E-state index >= 15 is 0 Å². The number of fused-ring (bicyclic) bond motifs is 2. The Bertz CT molecular complexity index is 1400. The summed E-state index contributed by atoms with van der Waals surface area (Å²) in [5.74, 6) is -0.103. The molecule has 0 unspecified atom stereocenters. The Labute approximate surface area is 187 Å². The maximum atomic E-state index is 13.2. The molecule has 32 heavy (non-hydrogen) atoms. The zero-order valence-corrected chi connectivity index (χ0v) is 19.1. The third kappa shape index (κ3) is 3.91. The van der Waals surface area contributed by atoms with Gasteiger partial charge in [-0.2, -0.15) is 0 Å². The molecule has 0 saturated carbocycles. The van der Waals surface area contributed by atoms with E-state index in [4.69, 9.17) is 9.15 Å². The lowest BCUT2D eigenvalue weighted by molar-refractivity contribution is 0.0475. The Hall–Kier alpha value is -3.47. The largest absolute Gasteiger partial charge is 0.457 e. The zero-order chi connectivity index (χ0) is 23.0. The van der Waals surface area contributed by atoms with E-state index in [0.717, 1.165) is 39.5 Å². The predicted octanol–water partition coefficient (Wildman–Crippen LogP) is 6.00. The standard InChI is InChI=1S/C27H27NO4/c1-6-22-17(5)26(19-9-7-8-10-23(19)28-22)27(30)31-14-18-12-25(29)32-24-11-16(4)20(15(2)3)13-21(18)24/h7-13,15H,6,14H2,1-5H3. The highest BCUT2D eigenvalue weighted by Gasteiger charge is 2.20. The monoisotopic (exact) mass is 429 g/mol. The van der Waals surface area contributed by atoms with Crippen molar-refractivity contribution in [2.75, 3.05) is 0 Å². The molecule has 0 bridgehead atoms. The number of nitrogens with zero attached hydrogens (tertiary/aromatic N) is 1. The fraction of sp³-hybridized carbons (Fsp3) is 0.296. The minimum absolute atomic E-state index is 0.0148. The molecule has 2 aromatic carbocycles. The number of rotatable bonds is 5. The van der Waals surface area contributed by atoms with E-state index in [1.165, 1.54) is 11.6 Å². The van der Waals surface area contributed by atoms with Gasteiger partial charge in [0, 0.05) is 28.1 Å². The Kier molecular flexibility index (Phi) is 5.83. The van der Waals surface area contributed by atoms with Crippen LogP contribution in [0, 0.1) is 13.8 Å². The lowest BCUT2D eigenvalue weighted by Gasteiger charge is -2.15. The molecule has 0 aliphatic heterocycles. The van der Waals surface area contributed by atoms with Gasteiger partial charge in [0.25, 0.3) is 0 Å². The van der Waals surface area contributed by atoms with Crippen LogP contribution in [0.3, 0.4) is 0 Å². The quantitative estimate of drug-likeness (QED) is 0.287. The summed E-state index contributed by atoms with van der Waals surface area (Å²) in [7, 11) is 0. The molecule has 0 fully saturated rings. The number of para-hydroxylation sites is 1. The highest BCUT2D eigenvalue weighted by atomic mass is 16.5. The molecule has 5 nitrogen and oxygen atoms in total. The third-order valence-corrected chi connectivity index (χ3v) is 5.97. The summed E-state index contributed by atoms with van der Waals surface area (Å²) in [5.41, 5.74) is 5.91. The van der Waals surface area contributed by atoms with E-state index in [1.54, 1.807) is 0 Å². The summed E-state index contributed by atoms with van der Waals surface area (Å²) in [4.78, 5) is 30.0. The molecule has 0 spiro atoms. The molecule has 0 amide bonds. The Morgan fingerprint density at radius 2 is 1.84 bits per heavy atom. The molecule has 0 aliphatic carbocycles. The third-order valence-electron chi connectivity index (χ3n) is 5.97. The fourth-order valence-corrected chi connectivity index (χ4v) is 4.31. The second kappa shape index (κ2) is 8.58. The summed E-state index contributed by atoms with van der Waals surface area (Å²) in [6.07, 6.45) is 0.721. The van der Waals surface area contributed by atoms with Crippen LogP contribution in [0.2, 0.25) is 0 Å². The van der Waals surface area contributed by atoms with E-state index in [0.29, 0.717) is 22.6 Å². The Balaban J connectivity index is 1.75. The fourth-order valence-electron chi connectivity index (χ4n) is 4.31. The Morgan fingerprint density at radius 3 is 2.56 bits per heavy atom. The molecular formula is C27H27NO4. The number of hydrogen-bond donors (Lipinski definition) is 0. The minimum Gasteiger partial charge on any atom is -0.457 e. The Morgan fingerprint density at radius 1 is 1.09 bits per heavy atom. The van der Waals surface area contributed by atoms with Crippen LogP contribution in [0.1, 0.15) is 65.0 Å². The van der Waals surface area contributed by atoms with Crippen LogP contribution in [0.25, 0.3) is 21.9 Å². The molecule has 5 heteroatoms. The summed E-state index contributed by atoms with van der Waals surface area (Å²) >= 11 is 0. The van der Waals surface area contributed by atoms with Crippen LogP contribution >= 0.6 is 0 Å². The van der Waals surface area contributed by atoms with Crippen molar-refractivity contribution in [1.29, 1.82) is 0 Å². The number of hydrogen-bond acceptors (Lipinski definition) is 5. The summed E-state index contributed by atoms with van der Waals surface area (Å²) in [5, 5.41) is 1.56. The van der Waals surface area contributed by atoms with Crippen LogP contribution in [-0.2, 0) is 17.8 Å². The smallest absolute Gasteiger partial charge is 0.339 e. The number of aryl methyl sites for hydroxylation is 2. The highest BCUT2D eigenvalue weighted by Crippen LogP contribution is 2.28. The summed E-state index contributed by atoms with van der Waals surface area (Å²) in [6.45, 7) is 10.1. The number of benzene rings is 2. The van der Waals surface area contributed by atoms with Crippen molar-refractivity contribution < 1.29 is 13.9 Å². The van der Waals surface area contributed by atoms with E-state index in [-0.39, 0.29) is 6.61 Å². The van der Waals surface area contributed by atoms with Gasteiger partial charge in [0.05, 0.1) is 11.1 Å². The molecule has 4 rings (SSSR count). The molecular weight excluding hydrogens is 402 g/mol. The van der Waals surface area contributed by atoms with E-state index in [2.05, 4.69) is 18.8 Å². The summed E-state index contributed by atoms with van der Waals surface area (Å²) < 4.78 is 11.2. The molecule has 4 aromatic rings. The molecule has 164 valence electrons. The minimum atomic E-state index is -0.459. The van der Waals surface area contributed by atoms with Crippen LogP contribution in [0.15, 0.2) is 51.7 Å². The maximum Gasteiger partial charge on any atom is 0.339 e. The van der Waals surface area contributed by atoms with Crippen molar-refractivity contribution in [1.82, 2.24) is 4.98 Å². The molecule has 0 N–H and O–H groups in total. The van der Waals surface area contributed by atoms with E-state index in [9.17, 15) is 9.59 Å². The second-order valence-corrected chi connectivity index (χ2v) is 8.46. The van der Waals surface area contributed by atoms with Gasteiger partial charge in [-0.3, -0.25) is 4.98 Å². The summed E-state index contributed by atoms with van der Waals surface area (Å²) in [6, 6.07) is 12.9. The number of esters is 1. The van der Waals surface area contributed by atoms with Gasteiger partial charge in [-0.25, -0.2) is 9.59 Å². The van der Waals surface area contributed by atoms with Crippen molar-refractivity contribution in [2.24, 2.45) is 0 Å². The topological polar surface area (TPSA) is 69.4 Å². The van der Waals surface area contributed by atoms with Gasteiger partial charge in [-0.1, -0.05) is 39.0 Å². The van der Waals surface area contributed by atoms with Gasteiger partial charge in [0.1, 0.15) is 12.2 Å². The van der Waals surface area contributed by atoms with Gasteiger partial charge in [-0.05, 0) is 61.1 Å². The normalized spacial score (nSPS) is 11.4. The molecule has 2 aromatic heterocycles. The number of pyridine rings is 1. The lowest BCUT2D eigenvalue weighted by Crippen LogP contribution is -2.12. The van der Waals surface area contributed by atoms with Crippen LogP contribution in [0.4, 0.5) is 0 Å². The van der Waals surface area contributed by atoms with Gasteiger partial charge in [0.15, 0.2) is 0 Å². The number of aromatic nitrogens is 1. The van der Waals surface area contributed by atoms with E-state index < -0.39 is 11.6 Å². The van der Waals surface area contributed by atoms with Crippen LogP contribution in [-0.4, -0.2) is 11.0 Å². The van der Waals surface area contributed by atoms with Gasteiger partial charge >= 0.3 is 11.6 Å². The average molecular weight is 430 g/mol. The van der Waals surface area contributed by atoms with Gasteiger partial charge in [-0.15, -0.1) is 0 Å². The van der Waals surface area contributed by atoms with Crippen molar-refractivity contribution in [2.45, 2.75) is 53.6 Å². The number of carbonyl (C=O) groups excluding carboxylic acids is 1. The van der Waals surface area contributed by atoms with Gasteiger partial charge in [0.2, 0.25) is 0 Å². The molecule has 0 aliphatic rings. The predicted molar refractivity (Wildman–Crippen MR) is 126 cm³/mol. The first kappa shape index (κ1) is 21.8. The zero-order valence-electron chi connectivity index (χ0n) is 19.1. The second-order valence-electron chi connectivity index (χ2n) is 8.46.